The molecule has 136 valence electrons. The molecule has 1 heterocycles. The van der Waals surface area contributed by atoms with Crippen LogP contribution >= 0.6 is 0 Å². The van der Waals surface area contributed by atoms with E-state index < -0.39 is 34.6 Å². The third-order valence-electron chi connectivity index (χ3n) is 3.73. The van der Waals surface area contributed by atoms with Crippen LogP contribution in [0.25, 0.3) is 10.8 Å². The van der Waals surface area contributed by atoms with Gasteiger partial charge in [-0.3, -0.25) is 19.7 Å². The van der Waals surface area contributed by atoms with Gasteiger partial charge in [0.15, 0.2) is 0 Å². The Morgan fingerprint density at radius 2 is 1.70 bits per heavy atom. The SMILES string of the molecule is O=C(Cn1nc(C(=O)[O-])c2ccccc2c1=O)Nc1ccccc1[N+](=O)[O-]. The number of hydrogen-bond donors (Lipinski definition) is 1. The Hall–Kier alpha value is -4.08. The predicted octanol–water partition coefficient (Wildman–Crippen LogP) is 0.307. The first-order chi connectivity index (χ1) is 12.9. The zero-order valence-corrected chi connectivity index (χ0v) is 13.6. The van der Waals surface area contributed by atoms with E-state index in [9.17, 15) is 29.6 Å². The minimum absolute atomic E-state index is 0.0542. The van der Waals surface area contributed by atoms with Gasteiger partial charge in [0, 0.05) is 11.5 Å². The summed E-state index contributed by atoms with van der Waals surface area (Å²) in [6, 6.07) is 11.4. The molecule has 0 aliphatic rings. The lowest BCUT2D eigenvalue weighted by atomic mass is 10.1. The minimum Gasteiger partial charge on any atom is -0.543 e. The lowest BCUT2D eigenvalue weighted by Crippen LogP contribution is -2.34. The number of aromatic nitrogens is 2. The van der Waals surface area contributed by atoms with Crippen molar-refractivity contribution in [1.82, 2.24) is 9.78 Å². The highest BCUT2D eigenvalue weighted by Crippen LogP contribution is 2.23. The number of carboxylic acids is 1. The topological polar surface area (TPSA) is 147 Å². The highest BCUT2D eigenvalue weighted by atomic mass is 16.6. The maximum atomic E-state index is 12.5. The van der Waals surface area contributed by atoms with Crippen molar-refractivity contribution in [2.24, 2.45) is 0 Å². The molecule has 0 bridgehead atoms. The van der Waals surface area contributed by atoms with Gasteiger partial charge in [-0.25, -0.2) is 4.68 Å². The molecule has 10 nitrogen and oxygen atoms in total. The third kappa shape index (κ3) is 3.49. The van der Waals surface area contributed by atoms with Gasteiger partial charge in [0.25, 0.3) is 11.2 Å². The molecule has 0 aliphatic heterocycles. The summed E-state index contributed by atoms with van der Waals surface area (Å²) < 4.78 is 0.678. The molecular formula is C17H11N4O6-. The number of hydrogen-bond acceptors (Lipinski definition) is 7. The standard InChI is InChI=1S/C17H12N4O6/c22-14(18-12-7-3-4-8-13(12)21(26)27)9-20-16(23)11-6-2-1-5-10(11)15(19-20)17(24)25/h1-8H,9H2,(H,18,22)(H,24,25)/p-1. The summed E-state index contributed by atoms with van der Waals surface area (Å²) in [5.74, 6) is -2.38. The zero-order chi connectivity index (χ0) is 19.6. The van der Waals surface area contributed by atoms with Crippen LogP contribution in [0.1, 0.15) is 10.5 Å². The average molecular weight is 367 g/mol. The van der Waals surface area contributed by atoms with Crippen LogP contribution in [0.2, 0.25) is 0 Å². The van der Waals surface area contributed by atoms with E-state index in [4.69, 9.17) is 0 Å². The fourth-order valence-corrected chi connectivity index (χ4v) is 2.56. The lowest BCUT2D eigenvalue weighted by molar-refractivity contribution is -0.383. The number of fused-ring (bicyclic) bond motifs is 1. The van der Waals surface area contributed by atoms with Gasteiger partial charge in [-0.1, -0.05) is 30.3 Å². The van der Waals surface area contributed by atoms with Gasteiger partial charge in [-0.2, -0.15) is 5.10 Å². The van der Waals surface area contributed by atoms with Crippen molar-refractivity contribution in [3.8, 4) is 0 Å². The first-order valence-corrected chi connectivity index (χ1v) is 7.63. The first-order valence-electron chi connectivity index (χ1n) is 7.63. The molecule has 3 rings (SSSR count). The van der Waals surface area contributed by atoms with Crippen LogP contribution in [-0.2, 0) is 11.3 Å². The van der Waals surface area contributed by atoms with E-state index in [1.165, 1.54) is 36.4 Å². The number of carbonyl (C=O) groups excluding carboxylic acids is 2. The summed E-state index contributed by atoms with van der Waals surface area (Å²) >= 11 is 0. The van der Waals surface area contributed by atoms with Crippen molar-refractivity contribution in [2.45, 2.75) is 6.54 Å². The summed E-state index contributed by atoms with van der Waals surface area (Å²) in [5.41, 5.74) is -1.53. The Bertz CT molecular complexity index is 1140. The molecule has 0 aliphatic carbocycles. The van der Waals surface area contributed by atoms with E-state index in [0.29, 0.717) is 4.68 Å². The number of carbonyl (C=O) groups is 2. The summed E-state index contributed by atoms with van der Waals surface area (Å²) in [6.45, 7) is -0.629. The number of amides is 1. The molecule has 27 heavy (non-hydrogen) atoms. The first kappa shape index (κ1) is 17.7. The number of nitro benzene ring substituents is 1. The fraction of sp³-hybridized carbons (Fsp3) is 0.0588. The maximum Gasteiger partial charge on any atom is 0.292 e. The Balaban J connectivity index is 1.97. The number of rotatable bonds is 5. The molecule has 0 unspecified atom stereocenters. The molecule has 0 atom stereocenters. The van der Waals surface area contributed by atoms with Crippen molar-refractivity contribution in [3.05, 3.63) is 74.7 Å². The number of aromatic carboxylic acids is 1. The van der Waals surface area contributed by atoms with Gasteiger partial charge in [-0.15, -0.1) is 0 Å². The van der Waals surface area contributed by atoms with E-state index in [-0.39, 0.29) is 22.1 Å². The van der Waals surface area contributed by atoms with Crippen LogP contribution < -0.4 is 16.0 Å². The molecule has 2 aromatic carbocycles. The van der Waals surface area contributed by atoms with E-state index in [2.05, 4.69) is 10.4 Å². The summed E-state index contributed by atoms with van der Waals surface area (Å²) in [7, 11) is 0. The van der Waals surface area contributed by atoms with Gasteiger partial charge in [0.2, 0.25) is 5.91 Å². The van der Waals surface area contributed by atoms with E-state index in [0.717, 1.165) is 0 Å². The summed E-state index contributed by atoms with van der Waals surface area (Å²) in [5, 5.41) is 28.5. The van der Waals surface area contributed by atoms with Crippen LogP contribution in [0, 0.1) is 10.1 Å². The maximum absolute atomic E-state index is 12.5. The lowest BCUT2D eigenvalue weighted by Gasteiger charge is -2.11. The summed E-state index contributed by atoms with van der Waals surface area (Å²) in [6.07, 6.45) is 0. The zero-order valence-electron chi connectivity index (χ0n) is 13.6. The Kier molecular flexibility index (Phi) is 4.62. The monoisotopic (exact) mass is 367 g/mol. The molecule has 0 fully saturated rings. The van der Waals surface area contributed by atoms with Gasteiger partial charge < -0.3 is 15.2 Å². The number of benzene rings is 2. The van der Waals surface area contributed by atoms with E-state index >= 15 is 0 Å². The fourth-order valence-electron chi connectivity index (χ4n) is 2.56. The predicted molar refractivity (Wildman–Crippen MR) is 92.1 cm³/mol. The minimum atomic E-state index is -1.60. The molecule has 0 radical (unpaired) electrons. The average Bonchev–Trinajstić information content (AvgIpc) is 2.64. The van der Waals surface area contributed by atoms with Gasteiger partial charge in [0.1, 0.15) is 17.9 Å². The van der Waals surface area contributed by atoms with Crippen molar-refractivity contribution < 1.29 is 19.6 Å². The highest BCUT2D eigenvalue weighted by molar-refractivity contribution is 6.00. The number of para-hydroxylation sites is 2. The van der Waals surface area contributed by atoms with Crippen molar-refractivity contribution in [2.75, 3.05) is 5.32 Å². The number of nitrogens with zero attached hydrogens (tertiary/aromatic N) is 3. The Labute approximate surface area is 150 Å². The normalized spacial score (nSPS) is 10.5. The molecule has 0 spiro atoms. The second-order valence-corrected chi connectivity index (χ2v) is 5.47. The second-order valence-electron chi connectivity index (χ2n) is 5.47. The van der Waals surface area contributed by atoms with Gasteiger partial charge in [-0.05, 0) is 12.1 Å². The van der Waals surface area contributed by atoms with Crippen molar-refractivity contribution >= 4 is 34.0 Å². The number of anilines is 1. The third-order valence-corrected chi connectivity index (χ3v) is 3.73. The van der Waals surface area contributed by atoms with Crippen LogP contribution in [0.5, 0.6) is 0 Å². The van der Waals surface area contributed by atoms with Crippen molar-refractivity contribution in [3.63, 3.8) is 0 Å². The Morgan fingerprint density at radius 1 is 1.07 bits per heavy atom. The quantitative estimate of drug-likeness (QED) is 0.504. The van der Waals surface area contributed by atoms with Crippen LogP contribution in [0.4, 0.5) is 11.4 Å². The highest BCUT2D eigenvalue weighted by Gasteiger charge is 2.17. The molecule has 1 N–H and O–H groups in total. The molecular weight excluding hydrogens is 356 g/mol. The molecule has 1 amide bonds. The van der Waals surface area contributed by atoms with E-state index in [1.807, 2.05) is 0 Å². The molecule has 0 saturated carbocycles. The summed E-state index contributed by atoms with van der Waals surface area (Å²) in [4.78, 5) is 46.3. The largest absolute Gasteiger partial charge is 0.543 e. The second kappa shape index (κ2) is 7.04. The Morgan fingerprint density at radius 3 is 2.37 bits per heavy atom. The van der Waals surface area contributed by atoms with Crippen LogP contribution in [0.3, 0.4) is 0 Å². The molecule has 0 saturated heterocycles. The van der Waals surface area contributed by atoms with Crippen LogP contribution in [-0.4, -0.2) is 26.6 Å². The number of carboxylic acid groups (broad SMARTS) is 1. The number of nitrogens with one attached hydrogen (secondary N) is 1. The molecule has 3 aromatic rings. The van der Waals surface area contributed by atoms with Crippen LogP contribution in [0.15, 0.2) is 53.3 Å². The smallest absolute Gasteiger partial charge is 0.292 e. The molecule has 10 heteroatoms. The van der Waals surface area contributed by atoms with Gasteiger partial charge >= 0.3 is 0 Å². The van der Waals surface area contributed by atoms with Gasteiger partial charge in [0.05, 0.1) is 16.3 Å². The molecule has 1 aromatic heterocycles. The number of nitro groups is 1. The van der Waals surface area contributed by atoms with E-state index in [1.54, 1.807) is 12.1 Å². The van der Waals surface area contributed by atoms with Crippen molar-refractivity contribution in [1.29, 1.82) is 0 Å².